The van der Waals surface area contributed by atoms with E-state index in [1.165, 1.54) is 0 Å². The van der Waals surface area contributed by atoms with Gasteiger partial charge in [-0.25, -0.2) is 4.79 Å². The molecule has 2 aromatic rings. The molecule has 1 heterocycles. The topological polar surface area (TPSA) is 63.5 Å². The monoisotopic (exact) mass is 308 g/mol. The van der Waals surface area contributed by atoms with Gasteiger partial charge in [-0.05, 0) is 25.1 Å². The van der Waals surface area contributed by atoms with Gasteiger partial charge in [0.1, 0.15) is 12.1 Å². The summed E-state index contributed by atoms with van der Waals surface area (Å²) in [4.78, 5) is 20.1. The minimum atomic E-state index is -0.544. The van der Waals surface area contributed by atoms with E-state index in [1.807, 2.05) is 54.6 Å². The molecule has 0 aliphatic carbocycles. The van der Waals surface area contributed by atoms with E-state index in [4.69, 9.17) is 9.47 Å². The van der Waals surface area contributed by atoms with Crippen LogP contribution < -0.4 is 0 Å². The van der Waals surface area contributed by atoms with Gasteiger partial charge in [-0.3, -0.25) is 0 Å². The van der Waals surface area contributed by atoms with Crippen molar-refractivity contribution in [3.8, 4) is 0 Å². The molecule has 0 radical (unpaired) electrons. The normalized spacial score (nSPS) is 18.7. The molecular formula is C18H16N2O3. The second-order valence-corrected chi connectivity index (χ2v) is 4.95. The Morgan fingerprint density at radius 3 is 2.65 bits per heavy atom. The van der Waals surface area contributed by atoms with Gasteiger partial charge in [0.15, 0.2) is 6.10 Å². The standard InChI is InChI=1S/C18H16N2O3/c1-2-22-18(21)17-16(23-17)14-10-6-7-11-15(14)20-12-19-13-8-4-3-5-9-13/h3-11,16-17H,2H2,1H3/t16-,17+/m1/s1. The zero-order chi connectivity index (χ0) is 16.1. The van der Waals surface area contributed by atoms with Crippen LogP contribution in [0.25, 0.3) is 0 Å². The highest BCUT2D eigenvalue weighted by atomic mass is 16.6. The maximum absolute atomic E-state index is 11.7. The molecule has 3 rings (SSSR count). The van der Waals surface area contributed by atoms with E-state index in [1.54, 1.807) is 6.92 Å². The highest BCUT2D eigenvalue weighted by Crippen LogP contribution is 2.43. The van der Waals surface area contributed by atoms with Crippen LogP contribution in [0.15, 0.2) is 64.6 Å². The summed E-state index contributed by atoms with van der Waals surface area (Å²) in [5, 5.41) is 0. The van der Waals surface area contributed by atoms with Crippen LogP contribution in [-0.2, 0) is 14.3 Å². The zero-order valence-electron chi connectivity index (χ0n) is 12.7. The molecule has 0 amide bonds. The van der Waals surface area contributed by atoms with Gasteiger partial charge in [0, 0.05) is 5.56 Å². The molecule has 0 spiro atoms. The lowest BCUT2D eigenvalue weighted by Gasteiger charge is -2.00. The predicted octanol–water partition coefficient (Wildman–Crippen LogP) is 3.83. The molecule has 0 N–H and O–H groups in total. The number of esters is 1. The van der Waals surface area contributed by atoms with Gasteiger partial charge >= 0.3 is 5.97 Å². The molecule has 5 nitrogen and oxygen atoms in total. The number of benzene rings is 2. The molecule has 0 unspecified atom stereocenters. The average Bonchev–Trinajstić information content (AvgIpc) is 3.37. The van der Waals surface area contributed by atoms with Crippen LogP contribution in [0, 0.1) is 0 Å². The molecule has 1 saturated heterocycles. The van der Waals surface area contributed by atoms with Crippen molar-refractivity contribution in [1.82, 2.24) is 0 Å². The van der Waals surface area contributed by atoms with Gasteiger partial charge in [0.05, 0.1) is 18.0 Å². The molecule has 23 heavy (non-hydrogen) atoms. The van der Waals surface area contributed by atoms with E-state index in [-0.39, 0.29) is 12.1 Å². The van der Waals surface area contributed by atoms with Crippen molar-refractivity contribution in [2.24, 2.45) is 9.98 Å². The van der Waals surface area contributed by atoms with Crippen LogP contribution >= 0.6 is 0 Å². The van der Waals surface area contributed by atoms with E-state index in [9.17, 15) is 4.79 Å². The fraction of sp³-hybridized carbons (Fsp3) is 0.222. The van der Waals surface area contributed by atoms with Crippen LogP contribution in [-0.4, -0.2) is 24.7 Å². The van der Waals surface area contributed by atoms with Gasteiger partial charge in [-0.1, -0.05) is 36.4 Å². The largest absolute Gasteiger partial charge is 0.464 e. The summed E-state index contributed by atoms with van der Waals surface area (Å²) in [6.45, 7) is 2.11. The van der Waals surface area contributed by atoms with E-state index < -0.39 is 6.10 Å². The number of hydrogen-bond acceptors (Lipinski definition) is 5. The van der Waals surface area contributed by atoms with Crippen molar-refractivity contribution in [3.05, 3.63) is 60.2 Å². The van der Waals surface area contributed by atoms with E-state index >= 15 is 0 Å². The Morgan fingerprint density at radius 2 is 1.87 bits per heavy atom. The fourth-order valence-electron chi connectivity index (χ4n) is 2.22. The van der Waals surface area contributed by atoms with Crippen LogP contribution in [0.2, 0.25) is 0 Å². The summed E-state index contributed by atoms with van der Waals surface area (Å²) < 4.78 is 10.4. The summed E-state index contributed by atoms with van der Waals surface area (Å²) >= 11 is 0. The number of rotatable bonds is 5. The summed E-state index contributed by atoms with van der Waals surface area (Å²) in [5.74, 6) is -0.339. The van der Waals surface area contributed by atoms with E-state index in [0.29, 0.717) is 12.3 Å². The maximum atomic E-state index is 11.7. The number of nitrogens with zero attached hydrogens (tertiary/aromatic N) is 2. The number of carbonyl (C=O) groups is 1. The lowest BCUT2D eigenvalue weighted by atomic mass is 10.1. The molecule has 2 aromatic carbocycles. The molecule has 1 aliphatic rings. The molecule has 0 bridgehead atoms. The van der Waals surface area contributed by atoms with Crippen molar-refractivity contribution in [2.45, 2.75) is 19.1 Å². The van der Waals surface area contributed by atoms with Crippen molar-refractivity contribution in [1.29, 1.82) is 0 Å². The predicted molar refractivity (Wildman–Crippen MR) is 86.3 cm³/mol. The number of epoxide rings is 1. The maximum Gasteiger partial charge on any atom is 0.338 e. The Bertz CT molecular complexity index is 752. The van der Waals surface area contributed by atoms with Crippen molar-refractivity contribution in [2.75, 3.05) is 6.61 Å². The Kier molecular flexibility index (Phi) is 4.62. The van der Waals surface area contributed by atoms with Crippen LogP contribution in [0.3, 0.4) is 0 Å². The fourth-order valence-corrected chi connectivity index (χ4v) is 2.22. The zero-order valence-corrected chi connectivity index (χ0v) is 12.7. The van der Waals surface area contributed by atoms with Gasteiger partial charge in [0.25, 0.3) is 0 Å². The molecule has 116 valence electrons. The van der Waals surface area contributed by atoms with Crippen LogP contribution in [0.5, 0.6) is 0 Å². The smallest absolute Gasteiger partial charge is 0.338 e. The number of ether oxygens (including phenoxy) is 2. The number of hydrogen-bond donors (Lipinski definition) is 0. The Labute approximate surface area is 134 Å². The van der Waals surface area contributed by atoms with Gasteiger partial charge in [0.2, 0.25) is 0 Å². The first-order valence-corrected chi connectivity index (χ1v) is 7.42. The summed E-state index contributed by atoms with van der Waals surface area (Å²) in [6.07, 6.45) is -0.857. The van der Waals surface area contributed by atoms with Gasteiger partial charge < -0.3 is 9.47 Å². The Morgan fingerprint density at radius 1 is 1.13 bits per heavy atom. The third kappa shape index (κ3) is 3.72. The van der Waals surface area contributed by atoms with Crippen molar-refractivity contribution < 1.29 is 14.3 Å². The Balaban J connectivity index is 1.77. The molecule has 1 fully saturated rings. The first kappa shape index (κ1) is 15.2. The highest BCUT2D eigenvalue weighted by molar-refractivity contribution is 5.79. The summed E-state index contributed by atoms with van der Waals surface area (Å²) in [7, 11) is 0. The molecule has 5 heteroatoms. The molecule has 2 atom stereocenters. The number of para-hydroxylation sites is 2. The minimum absolute atomic E-state index is 0.312. The van der Waals surface area contributed by atoms with Gasteiger partial charge in [-0.2, -0.15) is 9.98 Å². The third-order valence-corrected chi connectivity index (χ3v) is 3.36. The summed E-state index contributed by atoms with van der Waals surface area (Å²) in [6, 6.07) is 19.6. The molecule has 1 aliphatic heterocycles. The second kappa shape index (κ2) is 7.01. The average molecular weight is 308 g/mol. The van der Waals surface area contributed by atoms with Crippen LogP contribution in [0.4, 0.5) is 11.4 Å². The van der Waals surface area contributed by atoms with E-state index in [0.717, 1.165) is 11.3 Å². The lowest BCUT2D eigenvalue weighted by Crippen LogP contribution is -2.11. The quantitative estimate of drug-likeness (QED) is 0.479. The van der Waals surface area contributed by atoms with Crippen molar-refractivity contribution in [3.63, 3.8) is 0 Å². The summed E-state index contributed by atoms with van der Waals surface area (Å²) in [5.41, 5.74) is 2.30. The first-order chi connectivity index (χ1) is 11.3. The van der Waals surface area contributed by atoms with Gasteiger partial charge in [-0.15, -0.1) is 0 Å². The van der Waals surface area contributed by atoms with E-state index in [2.05, 4.69) is 16.0 Å². The first-order valence-electron chi connectivity index (χ1n) is 7.42. The van der Waals surface area contributed by atoms with Crippen LogP contribution in [0.1, 0.15) is 18.6 Å². The molecule has 0 saturated carbocycles. The minimum Gasteiger partial charge on any atom is -0.464 e. The SMILES string of the molecule is CCOC(=O)[C@H]1O[C@@H]1c1ccccc1N=C=Nc1ccccc1. The Hall–Kier alpha value is -2.75. The highest BCUT2D eigenvalue weighted by Gasteiger charge is 2.48. The number of carbonyl (C=O) groups excluding carboxylic acids is 1. The number of aliphatic imine (C=N–C) groups is 2. The lowest BCUT2D eigenvalue weighted by molar-refractivity contribution is -0.144. The van der Waals surface area contributed by atoms with Crippen molar-refractivity contribution >= 4 is 23.4 Å². The second-order valence-electron chi connectivity index (χ2n) is 4.95. The third-order valence-electron chi connectivity index (χ3n) is 3.36. The molecule has 0 aromatic heterocycles. The molecular weight excluding hydrogens is 292 g/mol.